The van der Waals surface area contributed by atoms with Crippen LogP contribution in [-0.2, 0) is 4.52 Å². The van der Waals surface area contributed by atoms with Gasteiger partial charge in [0.1, 0.15) is 18.1 Å². The SMILES string of the molecule is OC1COPC(O)C1O. The van der Waals surface area contributed by atoms with E-state index in [1.54, 1.807) is 0 Å². The Morgan fingerprint density at radius 2 is 2.00 bits per heavy atom. The summed E-state index contributed by atoms with van der Waals surface area (Å²) in [6.07, 6.45) is -1.96. The minimum Gasteiger partial charge on any atom is -0.388 e. The van der Waals surface area contributed by atoms with Gasteiger partial charge in [0, 0.05) is 8.81 Å². The lowest BCUT2D eigenvalue weighted by Gasteiger charge is -2.27. The van der Waals surface area contributed by atoms with Gasteiger partial charge in [-0.15, -0.1) is 0 Å². The van der Waals surface area contributed by atoms with Crippen molar-refractivity contribution in [3.05, 3.63) is 0 Å². The van der Waals surface area contributed by atoms with Crippen LogP contribution in [0.15, 0.2) is 0 Å². The van der Waals surface area contributed by atoms with Crippen molar-refractivity contribution in [3.63, 3.8) is 0 Å². The van der Waals surface area contributed by atoms with Gasteiger partial charge < -0.3 is 19.8 Å². The molecule has 4 nitrogen and oxygen atoms in total. The summed E-state index contributed by atoms with van der Waals surface area (Å²) >= 11 is 0. The van der Waals surface area contributed by atoms with Gasteiger partial charge in [-0.05, 0) is 0 Å². The Kier molecular flexibility index (Phi) is 2.38. The predicted octanol–water partition coefficient (Wildman–Crippen LogP) is -1.35. The topological polar surface area (TPSA) is 69.9 Å². The number of aliphatic hydroxyl groups is 3. The average molecular weight is 152 g/mol. The van der Waals surface area contributed by atoms with E-state index in [1.807, 2.05) is 0 Å². The van der Waals surface area contributed by atoms with Crippen LogP contribution in [0.4, 0.5) is 0 Å². The standard InChI is InChI=1S/C4H9O4P/c5-2-1-8-9-4(7)3(2)6/h2-7,9H,1H2. The van der Waals surface area contributed by atoms with E-state index < -0.39 is 18.1 Å². The second-order valence-corrected chi connectivity index (χ2v) is 3.05. The van der Waals surface area contributed by atoms with E-state index in [0.717, 1.165) is 0 Å². The van der Waals surface area contributed by atoms with Crippen LogP contribution in [0.1, 0.15) is 0 Å². The Hall–Kier alpha value is 0.270. The molecule has 3 N–H and O–H groups in total. The highest BCUT2D eigenvalue weighted by Gasteiger charge is 2.29. The zero-order chi connectivity index (χ0) is 6.85. The number of hydrogen-bond donors (Lipinski definition) is 3. The molecule has 0 radical (unpaired) electrons. The van der Waals surface area contributed by atoms with Crippen molar-refractivity contribution in [1.29, 1.82) is 0 Å². The van der Waals surface area contributed by atoms with Crippen molar-refractivity contribution in [2.24, 2.45) is 0 Å². The van der Waals surface area contributed by atoms with Crippen LogP contribution in [0, 0.1) is 0 Å². The summed E-state index contributed by atoms with van der Waals surface area (Å²) < 4.78 is 4.73. The first-order valence-corrected chi connectivity index (χ1v) is 3.62. The highest BCUT2D eigenvalue weighted by molar-refractivity contribution is 7.33. The summed E-state index contributed by atoms with van der Waals surface area (Å²) in [5.41, 5.74) is 0. The van der Waals surface area contributed by atoms with Crippen molar-refractivity contribution in [1.82, 2.24) is 0 Å². The van der Waals surface area contributed by atoms with Crippen molar-refractivity contribution < 1.29 is 19.8 Å². The molecule has 4 atom stereocenters. The van der Waals surface area contributed by atoms with Crippen LogP contribution in [0.5, 0.6) is 0 Å². The quantitative estimate of drug-likeness (QED) is 0.375. The third-order valence-electron chi connectivity index (χ3n) is 1.18. The molecule has 1 rings (SSSR count). The van der Waals surface area contributed by atoms with E-state index in [9.17, 15) is 0 Å². The Morgan fingerprint density at radius 1 is 1.33 bits per heavy atom. The van der Waals surface area contributed by atoms with Gasteiger partial charge in [-0.25, -0.2) is 0 Å². The lowest BCUT2D eigenvalue weighted by Crippen LogP contribution is -2.41. The first kappa shape index (κ1) is 7.38. The van der Waals surface area contributed by atoms with Gasteiger partial charge in [-0.3, -0.25) is 0 Å². The molecule has 4 unspecified atom stereocenters. The van der Waals surface area contributed by atoms with Crippen molar-refractivity contribution in [3.8, 4) is 0 Å². The molecule has 1 saturated heterocycles. The summed E-state index contributed by atoms with van der Waals surface area (Å²) in [4.78, 5) is 0. The summed E-state index contributed by atoms with van der Waals surface area (Å²) in [5, 5.41) is 26.5. The molecule has 9 heavy (non-hydrogen) atoms. The zero-order valence-electron chi connectivity index (χ0n) is 4.69. The van der Waals surface area contributed by atoms with Crippen molar-refractivity contribution in [2.75, 3.05) is 6.61 Å². The van der Waals surface area contributed by atoms with Crippen LogP contribution in [0.3, 0.4) is 0 Å². The summed E-state index contributed by atoms with van der Waals surface area (Å²) in [6, 6.07) is 0. The second kappa shape index (κ2) is 2.90. The minimum absolute atomic E-state index is 0.113. The Bertz CT molecular complexity index is 88.6. The molecule has 0 aromatic carbocycles. The van der Waals surface area contributed by atoms with Crippen LogP contribution in [0.2, 0.25) is 0 Å². The van der Waals surface area contributed by atoms with Crippen LogP contribution >= 0.6 is 8.81 Å². The highest BCUT2D eigenvalue weighted by atomic mass is 31.1. The third kappa shape index (κ3) is 1.60. The van der Waals surface area contributed by atoms with Crippen LogP contribution < -0.4 is 0 Å². The molecule has 1 heterocycles. The van der Waals surface area contributed by atoms with Crippen LogP contribution in [-0.4, -0.2) is 40.0 Å². The predicted molar refractivity (Wildman–Crippen MR) is 32.3 cm³/mol. The monoisotopic (exact) mass is 152 g/mol. The van der Waals surface area contributed by atoms with E-state index in [2.05, 4.69) is 0 Å². The van der Waals surface area contributed by atoms with Gasteiger partial charge in [0.15, 0.2) is 0 Å². The smallest absolute Gasteiger partial charge is 0.123 e. The maximum atomic E-state index is 8.87. The van der Waals surface area contributed by atoms with Gasteiger partial charge in [-0.2, -0.15) is 0 Å². The summed E-state index contributed by atoms with van der Waals surface area (Å²) in [7, 11) is -0.113. The number of aliphatic hydroxyl groups excluding tert-OH is 3. The molecule has 0 aliphatic carbocycles. The summed E-state index contributed by atoms with van der Waals surface area (Å²) in [6.45, 7) is 0.122. The fraction of sp³-hybridized carbons (Fsp3) is 1.00. The molecule has 0 amide bonds. The molecule has 0 bridgehead atoms. The van der Waals surface area contributed by atoms with Crippen LogP contribution in [0.25, 0.3) is 0 Å². The molecule has 1 fully saturated rings. The van der Waals surface area contributed by atoms with Gasteiger partial charge in [0.2, 0.25) is 0 Å². The molecule has 54 valence electrons. The van der Waals surface area contributed by atoms with Gasteiger partial charge in [0.05, 0.1) is 6.61 Å². The van der Waals surface area contributed by atoms with Gasteiger partial charge >= 0.3 is 0 Å². The largest absolute Gasteiger partial charge is 0.388 e. The van der Waals surface area contributed by atoms with E-state index in [1.165, 1.54) is 0 Å². The number of hydrogen-bond acceptors (Lipinski definition) is 4. The number of rotatable bonds is 0. The fourth-order valence-corrected chi connectivity index (χ4v) is 1.40. The Balaban J connectivity index is 2.41. The van der Waals surface area contributed by atoms with Gasteiger partial charge in [-0.1, -0.05) is 0 Å². The lowest BCUT2D eigenvalue weighted by molar-refractivity contribution is -0.0621. The first-order valence-electron chi connectivity index (χ1n) is 2.63. The van der Waals surface area contributed by atoms with E-state index >= 15 is 0 Å². The van der Waals surface area contributed by atoms with E-state index in [0.29, 0.717) is 0 Å². The van der Waals surface area contributed by atoms with Crippen molar-refractivity contribution >= 4 is 8.81 Å². The third-order valence-corrected chi connectivity index (χ3v) is 2.09. The normalized spacial score (nSPS) is 47.7. The second-order valence-electron chi connectivity index (χ2n) is 1.93. The molecule has 5 heteroatoms. The van der Waals surface area contributed by atoms with E-state index in [-0.39, 0.29) is 15.4 Å². The molecular weight excluding hydrogens is 143 g/mol. The zero-order valence-corrected chi connectivity index (χ0v) is 5.69. The molecule has 1 aliphatic heterocycles. The minimum atomic E-state index is -1.03. The maximum absolute atomic E-state index is 8.87. The molecule has 0 spiro atoms. The Labute approximate surface area is 54.3 Å². The molecular formula is C4H9O4P. The molecule has 0 saturated carbocycles. The fourth-order valence-electron chi connectivity index (χ4n) is 0.598. The summed E-state index contributed by atoms with van der Waals surface area (Å²) in [5.74, 6) is -0.909. The molecule has 1 aliphatic rings. The van der Waals surface area contributed by atoms with Crippen molar-refractivity contribution in [2.45, 2.75) is 18.1 Å². The first-order chi connectivity index (χ1) is 4.22. The van der Waals surface area contributed by atoms with Gasteiger partial charge in [0.25, 0.3) is 0 Å². The molecule has 0 aromatic rings. The maximum Gasteiger partial charge on any atom is 0.123 e. The highest BCUT2D eigenvalue weighted by Crippen LogP contribution is 2.27. The molecule has 0 aromatic heterocycles. The average Bonchev–Trinajstić information content (AvgIpc) is 1.83. The van der Waals surface area contributed by atoms with E-state index in [4.69, 9.17) is 19.8 Å². The Morgan fingerprint density at radius 3 is 2.44 bits per heavy atom. The lowest BCUT2D eigenvalue weighted by atomic mass is 10.2.